The van der Waals surface area contributed by atoms with Crippen LogP contribution in [0.4, 0.5) is 0 Å². The highest BCUT2D eigenvalue weighted by molar-refractivity contribution is 5.76. The van der Waals surface area contributed by atoms with Crippen LogP contribution in [-0.4, -0.2) is 21.7 Å². The summed E-state index contributed by atoms with van der Waals surface area (Å²) in [6.07, 6.45) is 4.37. The Balaban J connectivity index is 1.40. The first-order valence-electron chi connectivity index (χ1n) is 9.91. The number of hydrogen-bond donors (Lipinski definition) is 1. The number of amides is 1. The summed E-state index contributed by atoms with van der Waals surface area (Å²) in [5.74, 6) is 2.07. The molecular formula is C22H29N3O. The molecule has 0 saturated heterocycles. The molecule has 4 heteroatoms. The van der Waals surface area contributed by atoms with Crippen LogP contribution in [0.1, 0.15) is 54.1 Å². The Labute approximate surface area is 156 Å². The summed E-state index contributed by atoms with van der Waals surface area (Å²) in [6.45, 7) is 6.85. The van der Waals surface area contributed by atoms with Gasteiger partial charge in [0.25, 0.3) is 0 Å². The van der Waals surface area contributed by atoms with Gasteiger partial charge >= 0.3 is 0 Å². The molecule has 4 unspecified atom stereocenters. The zero-order valence-electron chi connectivity index (χ0n) is 16.0. The minimum absolute atomic E-state index is 0.159. The molecule has 0 bridgehead atoms. The highest BCUT2D eigenvalue weighted by atomic mass is 16.1. The summed E-state index contributed by atoms with van der Waals surface area (Å²) in [4.78, 5) is 12.6. The number of carbonyl (C=O) groups excluding carboxylic acids is 1. The minimum Gasteiger partial charge on any atom is -0.352 e. The molecule has 2 aliphatic rings. The zero-order chi connectivity index (χ0) is 18.3. The summed E-state index contributed by atoms with van der Waals surface area (Å²) in [5, 5.41) is 7.91. The van der Waals surface area contributed by atoms with Gasteiger partial charge in [-0.2, -0.15) is 5.10 Å². The Morgan fingerprint density at radius 2 is 1.88 bits per heavy atom. The van der Waals surface area contributed by atoms with Gasteiger partial charge in [-0.15, -0.1) is 0 Å². The second kappa shape index (κ2) is 6.90. The molecule has 0 radical (unpaired) electrons. The van der Waals surface area contributed by atoms with E-state index in [-0.39, 0.29) is 5.91 Å². The highest BCUT2D eigenvalue weighted by Crippen LogP contribution is 2.55. The smallest absolute Gasteiger partial charge is 0.222 e. The Kier molecular flexibility index (Phi) is 4.60. The van der Waals surface area contributed by atoms with E-state index in [0.717, 1.165) is 17.3 Å². The lowest BCUT2D eigenvalue weighted by atomic mass is 9.60. The summed E-state index contributed by atoms with van der Waals surface area (Å²) in [7, 11) is 0. The van der Waals surface area contributed by atoms with Crippen LogP contribution in [0, 0.1) is 32.6 Å². The van der Waals surface area contributed by atoms with E-state index in [1.807, 2.05) is 11.6 Å². The SMILES string of the molecule is Cc1nn(CCC(=O)NC2C3CCCC3C2c2ccccc2)c(C)c1C. The third kappa shape index (κ3) is 2.95. The van der Waals surface area contributed by atoms with Crippen molar-refractivity contribution in [2.24, 2.45) is 11.8 Å². The molecule has 2 aromatic rings. The van der Waals surface area contributed by atoms with Crippen LogP contribution in [0.2, 0.25) is 0 Å². The van der Waals surface area contributed by atoms with E-state index >= 15 is 0 Å². The summed E-state index contributed by atoms with van der Waals surface area (Å²) < 4.78 is 1.97. The predicted molar refractivity (Wildman–Crippen MR) is 103 cm³/mol. The van der Waals surface area contributed by atoms with Gasteiger partial charge in [-0.1, -0.05) is 36.8 Å². The maximum Gasteiger partial charge on any atom is 0.222 e. The Morgan fingerprint density at radius 3 is 2.58 bits per heavy atom. The Hall–Kier alpha value is -2.10. The van der Waals surface area contributed by atoms with Crippen molar-refractivity contribution in [1.82, 2.24) is 15.1 Å². The molecule has 1 heterocycles. The first-order valence-corrected chi connectivity index (χ1v) is 9.91. The monoisotopic (exact) mass is 351 g/mol. The first-order chi connectivity index (χ1) is 12.6. The fourth-order valence-corrected chi connectivity index (χ4v) is 5.09. The number of benzene rings is 1. The molecule has 4 atom stereocenters. The van der Waals surface area contributed by atoms with Gasteiger partial charge in [0.05, 0.1) is 5.69 Å². The van der Waals surface area contributed by atoms with Crippen molar-refractivity contribution in [3.63, 3.8) is 0 Å². The topological polar surface area (TPSA) is 46.9 Å². The lowest BCUT2D eigenvalue weighted by molar-refractivity contribution is -0.124. The number of nitrogens with zero attached hydrogens (tertiary/aromatic N) is 2. The Bertz CT molecular complexity index is 795. The van der Waals surface area contributed by atoms with Gasteiger partial charge < -0.3 is 5.32 Å². The molecule has 2 saturated carbocycles. The normalized spacial score (nSPS) is 27.0. The molecule has 1 amide bonds. The summed E-state index contributed by atoms with van der Waals surface area (Å²) in [5.41, 5.74) is 4.83. The van der Waals surface area contributed by atoms with Crippen LogP contribution in [0.15, 0.2) is 30.3 Å². The van der Waals surface area contributed by atoms with Crippen LogP contribution < -0.4 is 5.32 Å². The molecule has 1 aromatic carbocycles. The lowest BCUT2D eigenvalue weighted by Crippen LogP contribution is -2.56. The molecular weight excluding hydrogens is 322 g/mol. The maximum atomic E-state index is 12.6. The van der Waals surface area contributed by atoms with Crippen molar-refractivity contribution < 1.29 is 4.79 Å². The van der Waals surface area contributed by atoms with E-state index in [4.69, 9.17) is 0 Å². The number of nitrogens with one attached hydrogen (secondary N) is 1. The first kappa shape index (κ1) is 17.3. The lowest BCUT2D eigenvalue weighted by Gasteiger charge is -2.49. The third-order valence-corrected chi connectivity index (χ3v) is 6.74. The number of rotatable bonds is 5. The number of carbonyl (C=O) groups is 1. The van der Waals surface area contributed by atoms with Gasteiger partial charge in [0.2, 0.25) is 5.91 Å². The average molecular weight is 351 g/mol. The van der Waals surface area contributed by atoms with Crippen molar-refractivity contribution >= 4 is 5.91 Å². The summed E-state index contributed by atoms with van der Waals surface area (Å²) >= 11 is 0. The number of aryl methyl sites for hydroxylation is 2. The van der Waals surface area contributed by atoms with Gasteiger partial charge in [-0.05, 0) is 56.6 Å². The minimum atomic E-state index is 0.159. The molecule has 1 aromatic heterocycles. The second-order valence-electron chi connectivity index (χ2n) is 8.06. The molecule has 0 aliphatic heterocycles. The van der Waals surface area contributed by atoms with Crippen molar-refractivity contribution in [2.45, 2.75) is 65.0 Å². The van der Waals surface area contributed by atoms with Crippen molar-refractivity contribution in [3.8, 4) is 0 Å². The summed E-state index contributed by atoms with van der Waals surface area (Å²) in [6, 6.07) is 11.0. The largest absolute Gasteiger partial charge is 0.352 e. The molecule has 0 spiro atoms. The Morgan fingerprint density at radius 1 is 1.15 bits per heavy atom. The molecule has 26 heavy (non-hydrogen) atoms. The fraction of sp³-hybridized carbons (Fsp3) is 0.545. The van der Waals surface area contributed by atoms with E-state index in [1.54, 1.807) is 0 Å². The van der Waals surface area contributed by atoms with Gasteiger partial charge in [0, 0.05) is 30.6 Å². The van der Waals surface area contributed by atoms with Crippen molar-refractivity contribution in [3.05, 3.63) is 52.8 Å². The van der Waals surface area contributed by atoms with E-state index in [9.17, 15) is 4.79 Å². The van der Waals surface area contributed by atoms with E-state index in [2.05, 4.69) is 54.6 Å². The van der Waals surface area contributed by atoms with E-state index < -0.39 is 0 Å². The predicted octanol–water partition coefficient (Wildman–Crippen LogP) is 3.90. The van der Waals surface area contributed by atoms with Crippen molar-refractivity contribution in [1.29, 1.82) is 0 Å². The fourth-order valence-electron chi connectivity index (χ4n) is 5.09. The third-order valence-electron chi connectivity index (χ3n) is 6.74. The molecule has 138 valence electrons. The highest BCUT2D eigenvalue weighted by Gasteiger charge is 2.53. The van der Waals surface area contributed by atoms with Gasteiger partial charge in [0.1, 0.15) is 0 Å². The molecule has 1 N–H and O–H groups in total. The average Bonchev–Trinajstić information content (AvgIpc) is 3.16. The maximum absolute atomic E-state index is 12.6. The number of hydrogen-bond acceptors (Lipinski definition) is 2. The van der Waals surface area contributed by atoms with Crippen LogP contribution in [-0.2, 0) is 11.3 Å². The van der Waals surface area contributed by atoms with Gasteiger partial charge in [-0.3, -0.25) is 9.48 Å². The van der Waals surface area contributed by atoms with E-state index in [0.29, 0.717) is 30.8 Å². The molecule has 4 rings (SSSR count). The second-order valence-corrected chi connectivity index (χ2v) is 8.06. The van der Waals surface area contributed by atoms with Gasteiger partial charge in [-0.25, -0.2) is 0 Å². The van der Waals surface area contributed by atoms with Crippen LogP contribution in [0.3, 0.4) is 0 Å². The number of aromatic nitrogens is 2. The van der Waals surface area contributed by atoms with Crippen molar-refractivity contribution in [2.75, 3.05) is 0 Å². The molecule has 2 aliphatic carbocycles. The zero-order valence-corrected chi connectivity index (χ0v) is 16.0. The van der Waals surface area contributed by atoms with Crippen LogP contribution >= 0.6 is 0 Å². The molecule has 4 nitrogen and oxygen atoms in total. The van der Waals surface area contributed by atoms with Gasteiger partial charge in [0.15, 0.2) is 0 Å². The van der Waals surface area contributed by atoms with E-state index in [1.165, 1.54) is 30.4 Å². The standard InChI is InChI=1S/C22H29N3O/c1-14-15(2)24-25(16(14)3)13-12-20(26)23-22-19-11-7-10-18(19)21(22)17-8-5-4-6-9-17/h4-6,8-9,18-19,21-22H,7,10-13H2,1-3H3,(H,23,26). The molecule has 2 fully saturated rings. The van der Waals surface area contributed by atoms with Crippen LogP contribution in [0.5, 0.6) is 0 Å². The quantitative estimate of drug-likeness (QED) is 0.888. The number of fused-ring (bicyclic) bond motifs is 1. The van der Waals surface area contributed by atoms with Crippen LogP contribution in [0.25, 0.3) is 0 Å².